The third kappa shape index (κ3) is 7.24. The summed E-state index contributed by atoms with van der Waals surface area (Å²) >= 11 is 0. The highest BCUT2D eigenvalue weighted by atomic mass is 16.1. The summed E-state index contributed by atoms with van der Waals surface area (Å²) in [5, 5.41) is 2.69. The normalized spacial score (nSPS) is 16.6. The van der Waals surface area contributed by atoms with Crippen LogP contribution in [0.1, 0.15) is 64.0 Å². The minimum absolute atomic E-state index is 0.597. The number of hydrogen-bond acceptors (Lipinski definition) is 3. The van der Waals surface area contributed by atoms with Crippen molar-refractivity contribution in [3.8, 4) is 0 Å². The van der Waals surface area contributed by atoms with Crippen molar-refractivity contribution in [2.75, 3.05) is 18.0 Å². The van der Waals surface area contributed by atoms with Crippen LogP contribution in [-0.2, 0) is 11.3 Å². The van der Waals surface area contributed by atoms with Crippen LogP contribution in [0.15, 0.2) is 102 Å². The van der Waals surface area contributed by atoms with Crippen LogP contribution < -0.4 is 10.2 Å². The van der Waals surface area contributed by atoms with E-state index in [1.165, 1.54) is 40.9 Å². The Hall–Kier alpha value is -3.53. The Bertz CT molecular complexity index is 1090. The van der Waals surface area contributed by atoms with E-state index in [-0.39, 0.29) is 0 Å². The molecule has 2 aromatic carbocycles. The second-order valence-electron chi connectivity index (χ2n) is 9.56. The van der Waals surface area contributed by atoms with Crippen molar-refractivity contribution in [2.24, 2.45) is 0 Å². The maximum atomic E-state index is 10.3. The summed E-state index contributed by atoms with van der Waals surface area (Å²) in [7, 11) is 0. The van der Waals surface area contributed by atoms with Gasteiger partial charge in [-0.25, -0.2) is 0 Å². The second-order valence-corrected chi connectivity index (χ2v) is 9.56. The Morgan fingerprint density at radius 3 is 2.33 bits per heavy atom. The minimum atomic E-state index is 0.597. The predicted octanol–water partition coefficient (Wildman–Crippen LogP) is 7.30. The summed E-state index contributed by atoms with van der Waals surface area (Å²) < 4.78 is 0. The third-order valence-electron chi connectivity index (χ3n) is 7.29. The van der Waals surface area contributed by atoms with Crippen LogP contribution >= 0.6 is 0 Å². The fourth-order valence-electron chi connectivity index (χ4n) is 4.61. The summed E-state index contributed by atoms with van der Waals surface area (Å²) in [6, 6.07) is 19.3. The molecule has 4 rings (SSSR count). The first kappa shape index (κ1) is 27.1. The van der Waals surface area contributed by atoms with E-state index in [1.54, 1.807) is 0 Å². The van der Waals surface area contributed by atoms with Crippen molar-refractivity contribution in [3.63, 3.8) is 0 Å². The first-order chi connectivity index (χ1) is 17.4. The molecule has 36 heavy (non-hydrogen) atoms. The molecular formula is C32H41N3O. The summed E-state index contributed by atoms with van der Waals surface area (Å²) in [5.41, 5.74) is 8.90. The van der Waals surface area contributed by atoms with E-state index in [1.807, 2.05) is 0 Å². The molecule has 0 spiro atoms. The quantitative estimate of drug-likeness (QED) is 0.420. The van der Waals surface area contributed by atoms with Crippen LogP contribution in [0.5, 0.6) is 0 Å². The number of nitrogens with zero attached hydrogens (tertiary/aromatic N) is 2. The van der Waals surface area contributed by atoms with Gasteiger partial charge >= 0.3 is 0 Å². The van der Waals surface area contributed by atoms with Crippen molar-refractivity contribution >= 4 is 12.1 Å². The fraction of sp³-hybridized carbons (Fsp3) is 0.344. The number of anilines is 1. The van der Waals surface area contributed by atoms with E-state index in [4.69, 9.17) is 0 Å². The van der Waals surface area contributed by atoms with Gasteiger partial charge in [-0.15, -0.1) is 0 Å². The van der Waals surface area contributed by atoms with E-state index in [0.717, 1.165) is 37.2 Å². The van der Waals surface area contributed by atoms with E-state index in [2.05, 4.69) is 122 Å². The molecule has 0 saturated carbocycles. The van der Waals surface area contributed by atoms with Gasteiger partial charge in [-0.1, -0.05) is 67.6 Å². The molecule has 2 heterocycles. The molecule has 0 unspecified atom stereocenters. The lowest BCUT2D eigenvalue weighted by molar-refractivity contribution is -0.109. The molecule has 0 bridgehead atoms. The number of carbonyl (C=O) groups is 1. The molecule has 0 aromatic heterocycles. The largest absolute Gasteiger partial charge is 0.371 e. The highest BCUT2D eigenvalue weighted by Crippen LogP contribution is 2.30. The average molecular weight is 484 g/mol. The lowest BCUT2D eigenvalue weighted by Gasteiger charge is -2.34. The van der Waals surface area contributed by atoms with Crippen molar-refractivity contribution < 1.29 is 4.79 Å². The van der Waals surface area contributed by atoms with Crippen molar-refractivity contribution in [1.29, 1.82) is 0 Å². The van der Waals surface area contributed by atoms with Crippen molar-refractivity contribution in [2.45, 2.75) is 59.4 Å². The van der Waals surface area contributed by atoms with Crippen LogP contribution in [0.4, 0.5) is 5.69 Å². The molecule has 0 radical (unpaired) electrons. The van der Waals surface area contributed by atoms with Crippen molar-refractivity contribution in [1.82, 2.24) is 10.2 Å². The molecule has 1 fully saturated rings. The Morgan fingerprint density at radius 2 is 1.72 bits per heavy atom. The average Bonchev–Trinajstić information content (AvgIpc) is 2.94. The van der Waals surface area contributed by atoms with E-state index in [0.29, 0.717) is 12.5 Å². The van der Waals surface area contributed by atoms with Gasteiger partial charge in [0.2, 0.25) is 6.41 Å². The summed E-state index contributed by atoms with van der Waals surface area (Å²) in [6.07, 6.45) is 10.5. The zero-order chi connectivity index (χ0) is 25.9. The molecule has 2 aliphatic heterocycles. The summed E-state index contributed by atoms with van der Waals surface area (Å²) in [5.74, 6) is 0.688. The lowest BCUT2D eigenvalue weighted by Crippen LogP contribution is -2.32. The molecular weight excluding hydrogens is 442 g/mol. The van der Waals surface area contributed by atoms with Gasteiger partial charge in [0.05, 0.1) is 0 Å². The smallest absolute Gasteiger partial charge is 0.207 e. The fourth-order valence-corrected chi connectivity index (χ4v) is 4.61. The molecule has 190 valence electrons. The predicted molar refractivity (Wildman–Crippen MR) is 153 cm³/mol. The molecule has 2 aromatic rings. The van der Waals surface area contributed by atoms with Gasteiger partial charge in [-0.05, 0) is 80.9 Å². The number of hydrogen-bond donors (Lipinski definition) is 1. The summed E-state index contributed by atoms with van der Waals surface area (Å²) in [6.45, 7) is 15.5. The minimum Gasteiger partial charge on any atom is -0.371 e. The van der Waals surface area contributed by atoms with Gasteiger partial charge < -0.3 is 15.1 Å². The van der Waals surface area contributed by atoms with Crippen LogP contribution in [0.25, 0.3) is 0 Å². The van der Waals surface area contributed by atoms with Gasteiger partial charge in [0, 0.05) is 42.9 Å². The van der Waals surface area contributed by atoms with Gasteiger partial charge in [-0.2, -0.15) is 0 Å². The number of nitrogens with one attached hydrogen (secondary N) is 1. The first-order valence-electron chi connectivity index (χ1n) is 13.0. The zero-order valence-corrected chi connectivity index (χ0v) is 22.3. The number of allylic oxidation sites excluding steroid dienone is 5. The number of piperidine rings is 1. The highest BCUT2D eigenvalue weighted by Gasteiger charge is 2.20. The van der Waals surface area contributed by atoms with Crippen LogP contribution in [0, 0.1) is 0 Å². The number of carbonyl (C=O) groups excluding carboxylic acids is 1. The van der Waals surface area contributed by atoms with Crippen molar-refractivity contribution in [3.05, 3.63) is 113 Å². The topological polar surface area (TPSA) is 35.6 Å². The van der Waals surface area contributed by atoms with Gasteiger partial charge in [0.1, 0.15) is 0 Å². The second kappa shape index (κ2) is 13.5. The van der Waals surface area contributed by atoms with Crippen LogP contribution in [-0.4, -0.2) is 24.4 Å². The maximum Gasteiger partial charge on any atom is 0.207 e. The Kier molecular flexibility index (Phi) is 10.2. The Morgan fingerprint density at radius 1 is 1.06 bits per heavy atom. The zero-order valence-electron chi connectivity index (χ0n) is 22.3. The first-order valence-corrected chi connectivity index (χ1v) is 13.0. The molecule has 0 aliphatic carbocycles. The standard InChI is InChI=1S/C19H22N2O.C13H19N/c22-15-20-14-16-6-8-19(9-7-16)21-12-10-18(11-13-21)17-4-2-1-3-5-17;1-6-10(2)12(4)14-9-7-8-11(3)13(14)5/h1-9,15,18H,10-14H2,(H,20,22);7-9H,5-6H2,1-4H3/b;12-10+. The van der Waals surface area contributed by atoms with Gasteiger partial charge in [0.25, 0.3) is 0 Å². The van der Waals surface area contributed by atoms with Crippen LogP contribution in [0.3, 0.4) is 0 Å². The Balaban J connectivity index is 0.000000223. The molecule has 4 nitrogen and oxygen atoms in total. The van der Waals surface area contributed by atoms with Crippen LogP contribution in [0.2, 0.25) is 0 Å². The van der Waals surface area contributed by atoms with Gasteiger partial charge in [0.15, 0.2) is 0 Å². The SMILES string of the molecule is C=C1C(C)=CC=CN1/C(C)=C(\C)CC.O=CNCc1ccc(N2CCC(c3ccccc3)CC2)cc1. The highest BCUT2D eigenvalue weighted by molar-refractivity contribution is 5.50. The van der Waals surface area contributed by atoms with Gasteiger partial charge in [-0.3, -0.25) is 4.79 Å². The van der Waals surface area contributed by atoms with E-state index < -0.39 is 0 Å². The summed E-state index contributed by atoms with van der Waals surface area (Å²) in [4.78, 5) is 14.9. The Labute approximate surface area is 217 Å². The lowest BCUT2D eigenvalue weighted by atomic mass is 9.89. The molecule has 0 atom stereocenters. The number of amides is 1. The maximum absolute atomic E-state index is 10.3. The molecule has 1 saturated heterocycles. The monoisotopic (exact) mass is 483 g/mol. The molecule has 4 heteroatoms. The van der Waals surface area contributed by atoms with E-state index in [9.17, 15) is 4.79 Å². The molecule has 1 N–H and O–H groups in total. The molecule has 2 aliphatic rings. The number of benzene rings is 2. The third-order valence-corrected chi connectivity index (χ3v) is 7.29. The van der Waals surface area contributed by atoms with E-state index >= 15 is 0 Å². The molecule has 1 amide bonds. The number of rotatable bonds is 7.